The number of hydrogen-bond acceptors (Lipinski definition) is 5. The number of aliphatic hydroxyl groups is 1. The number of hydrogen-bond donors (Lipinski definition) is 1. The van der Waals surface area contributed by atoms with Crippen LogP contribution < -0.4 is 0 Å². The number of carbonyl (C=O) groups is 1. The highest BCUT2D eigenvalue weighted by Gasteiger charge is 2.34. The Hall–Kier alpha value is -3.09. The normalized spacial score (nSPS) is 17.1. The zero-order valence-corrected chi connectivity index (χ0v) is 20.5. The number of carbonyl (C=O) groups excluding carboxylic acids is 1. The van der Waals surface area contributed by atoms with Crippen molar-refractivity contribution < 1.29 is 24.1 Å². The van der Waals surface area contributed by atoms with Crippen molar-refractivity contribution in [1.82, 2.24) is 0 Å². The van der Waals surface area contributed by atoms with Crippen LogP contribution in [-0.2, 0) is 38.8 Å². The minimum Gasteiger partial charge on any atom is -0.386 e. The molecule has 1 N–H and O–H groups in total. The van der Waals surface area contributed by atoms with Crippen LogP contribution in [0.4, 0.5) is 0 Å². The first-order valence-corrected chi connectivity index (χ1v) is 12.5. The molecule has 0 aromatic heterocycles. The molecule has 4 rings (SSSR count). The molecule has 0 amide bonds. The van der Waals surface area contributed by atoms with E-state index in [9.17, 15) is 9.90 Å². The molecule has 0 radical (unpaired) electrons. The van der Waals surface area contributed by atoms with Gasteiger partial charge in [0.2, 0.25) is 0 Å². The second-order valence-corrected chi connectivity index (χ2v) is 9.12. The van der Waals surface area contributed by atoms with Crippen molar-refractivity contribution in [2.24, 2.45) is 5.92 Å². The maximum Gasteiger partial charge on any atom is 0.156 e. The molecule has 188 valence electrons. The van der Waals surface area contributed by atoms with Crippen molar-refractivity contribution in [1.29, 1.82) is 0 Å². The predicted molar refractivity (Wildman–Crippen MR) is 139 cm³/mol. The van der Waals surface area contributed by atoms with E-state index in [-0.39, 0.29) is 18.3 Å². The third-order valence-corrected chi connectivity index (χ3v) is 6.36. The fourth-order valence-electron chi connectivity index (χ4n) is 4.40. The van der Waals surface area contributed by atoms with Gasteiger partial charge in [-0.2, -0.15) is 0 Å². The Labute approximate surface area is 213 Å². The summed E-state index contributed by atoms with van der Waals surface area (Å²) in [6, 6.07) is 29.7. The van der Waals surface area contributed by atoms with Gasteiger partial charge in [0.25, 0.3) is 0 Å². The number of aliphatic hydroxyl groups excluding tert-OH is 1. The lowest BCUT2D eigenvalue weighted by atomic mass is 9.91. The molecule has 5 heteroatoms. The van der Waals surface area contributed by atoms with Gasteiger partial charge in [0.05, 0.1) is 26.4 Å². The van der Waals surface area contributed by atoms with Gasteiger partial charge in [-0.05, 0) is 40.7 Å². The standard InChI is InChI=1S/C31H34O5/c32-28-18-27(16-17-34-20-24-10-4-1-5-11-24)29(19-28)31(33)30(36-22-26-14-8-3-9-15-26)23-35-21-25-12-6-2-7-13-25/h1-15,19,27,30-31,33H,16-18,20-23H2. The van der Waals surface area contributed by atoms with Crippen molar-refractivity contribution in [2.45, 2.75) is 44.9 Å². The Morgan fingerprint density at radius 2 is 1.28 bits per heavy atom. The van der Waals surface area contributed by atoms with Gasteiger partial charge in [-0.1, -0.05) is 91.0 Å². The van der Waals surface area contributed by atoms with E-state index in [4.69, 9.17) is 14.2 Å². The lowest BCUT2D eigenvalue weighted by molar-refractivity contribution is -0.114. The van der Waals surface area contributed by atoms with Gasteiger partial charge in [0.1, 0.15) is 12.2 Å². The summed E-state index contributed by atoms with van der Waals surface area (Å²) in [7, 11) is 0. The first-order valence-electron chi connectivity index (χ1n) is 12.5. The summed E-state index contributed by atoms with van der Waals surface area (Å²) in [5.74, 6) is -0.0376. The molecule has 0 aliphatic heterocycles. The summed E-state index contributed by atoms with van der Waals surface area (Å²) >= 11 is 0. The summed E-state index contributed by atoms with van der Waals surface area (Å²) in [6.07, 6.45) is 1.10. The molecule has 1 aliphatic carbocycles. The fourth-order valence-corrected chi connectivity index (χ4v) is 4.40. The third-order valence-electron chi connectivity index (χ3n) is 6.36. The lowest BCUT2D eigenvalue weighted by Crippen LogP contribution is -2.36. The van der Waals surface area contributed by atoms with Crippen molar-refractivity contribution in [3.05, 3.63) is 119 Å². The first kappa shape index (κ1) is 26.0. The minimum absolute atomic E-state index is 0.0316. The Kier molecular flexibility index (Phi) is 10.0. The van der Waals surface area contributed by atoms with Crippen LogP contribution in [0.5, 0.6) is 0 Å². The van der Waals surface area contributed by atoms with Gasteiger partial charge >= 0.3 is 0 Å². The highest BCUT2D eigenvalue weighted by molar-refractivity contribution is 5.93. The summed E-state index contributed by atoms with van der Waals surface area (Å²) in [5, 5.41) is 11.3. The van der Waals surface area contributed by atoms with Gasteiger partial charge in [-0.3, -0.25) is 4.79 Å². The SMILES string of the molecule is O=C1C=C(C(O)C(COCc2ccccc2)OCc2ccccc2)C(CCOCc2ccccc2)C1. The molecule has 0 spiro atoms. The largest absolute Gasteiger partial charge is 0.386 e. The van der Waals surface area contributed by atoms with Crippen molar-refractivity contribution in [2.75, 3.05) is 13.2 Å². The van der Waals surface area contributed by atoms with Crippen LogP contribution in [0.25, 0.3) is 0 Å². The van der Waals surface area contributed by atoms with Crippen LogP contribution in [0.3, 0.4) is 0 Å². The molecule has 1 aliphatic rings. The average Bonchev–Trinajstić information content (AvgIpc) is 3.30. The molecule has 3 unspecified atom stereocenters. The molecule has 3 aromatic carbocycles. The summed E-state index contributed by atoms with van der Waals surface area (Å²) < 4.78 is 17.9. The highest BCUT2D eigenvalue weighted by Crippen LogP contribution is 2.31. The van der Waals surface area contributed by atoms with E-state index in [1.54, 1.807) is 6.08 Å². The van der Waals surface area contributed by atoms with Gasteiger partial charge in [0.15, 0.2) is 5.78 Å². The van der Waals surface area contributed by atoms with Crippen LogP contribution in [0.1, 0.15) is 29.5 Å². The van der Waals surface area contributed by atoms with Crippen molar-refractivity contribution in [3.8, 4) is 0 Å². The fraction of sp³-hybridized carbons (Fsp3) is 0.323. The predicted octanol–water partition coefficient (Wildman–Crippen LogP) is 5.27. The van der Waals surface area contributed by atoms with Crippen LogP contribution in [0, 0.1) is 5.92 Å². The summed E-state index contributed by atoms with van der Waals surface area (Å²) in [5.41, 5.74) is 3.89. The third kappa shape index (κ3) is 7.97. The Morgan fingerprint density at radius 3 is 1.86 bits per heavy atom. The smallest absolute Gasteiger partial charge is 0.156 e. The van der Waals surface area contributed by atoms with Gasteiger partial charge in [-0.15, -0.1) is 0 Å². The van der Waals surface area contributed by atoms with Crippen LogP contribution in [0.2, 0.25) is 0 Å². The highest BCUT2D eigenvalue weighted by atomic mass is 16.5. The Morgan fingerprint density at radius 1 is 0.750 bits per heavy atom. The molecule has 0 saturated heterocycles. The van der Waals surface area contributed by atoms with Crippen LogP contribution >= 0.6 is 0 Å². The zero-order valence-electron chi connectivity index (χ0n) is 20.5. The van der Waals surface area contributed by atoms with E-state index in [1.165, 1.54) is 0 Å². The quantitative estimate of drug-likeness (QED) is 0.315. The van der Waals surface area contributed by atoms with Gasteiger partial charge in [0, 0.05) is 13.0 Å². The molecule has 0 saturated carbocycles. The maximum atomic E-state index is 12.3. The summed E-state index contributed by atoms with van der Waals surface area (Å²) in [6.45, 7) is 2.03. The average molecular weight is 487 g/mol. The minimum atomic E-state index is -0.935. The number of benzene rings is 3. The van der Waals surface area contributed by atoms with Gasteiger partial charge < -0.3 is 19.3 Å². The van der Waals surface area contributed by atoms with Crippen LogP contribution in [0.15, 0.2) is 103 Å². The molecule has 3 aromatic rings. The molecule has 0 bridgehead atoms. The van der Waals surface area contributed by atoms with E-state index in [1.807, 2.05) is 91.0 Å². The van der Waals surface area contributed by atoms with E-state index >= 15 is 0 Å². The topological polar surface area (TPSA) is 65.0 Å². The maximum absolute atomic E-state index is 12.3. The van der Waals surface area contributed by atoms with Gasteiger partial charge in [-0.25, -0.2) is 0 Å². The zero-order chi connectivity index (χ0) is 25.0. The molecule has 0 heterocycles. The number of ether oxygens (including phenoxy) is 3. The lowest BCUT2D eigenvalue weighted by Gasteiger charge is -2.27. The number of ketones is 1. The molecule has 36 heavy (non-hydrogen) atoms. The summed E-state index contributed by atoms with van der Waals surface area (Å²) in [4.78, 5) is 12.3. The van der Waals surface area contributed by atoms with E-state index in [0.29, 0.717) is 44.8 Å². The molecular formula is C31H34O5. The Balaban J connectivity index is 1.35. The second kappa shape index (κ2) is 13.9. The Bertz CT molecular complexity index is 1080. The van der Waals surface area contributed by atoms with E-state index in [0.717, 1.165) is 16.7 Å². The van der Waals surface area contributed by atoms with Crippen LogP contribution in [-0.4, -0.2) is 36.3 Å². The van der Waals surface area contributed by atoms with Crippen molar-refractivity contribution >= 4 is 5.78 Å². The van der Waals surface area contributed by atoms with E-state index < -0.39 is 12.2 Å². The number of allylic oxidation sites excluding steroid dienone is 1. The molecule has 3 atom stereocenters. The number of rotatable bonds is 14. The monoisotopic (exact) mass is 486 g/mol. The molecule has 0 fully saturated rings. The molecule has 5 nitrogen and oxygen atoms in total. The van der Waals surface area contributed by atoms with Crippen molar-refractivity contribution in [3.63, 3.8) is 0 Å². The molecular weight excluding hydrogens is 452 g/mol. The first-order chi connectivity index (χ1) is 17.7. The van der Waals surface area contributed by atoms with E-state index in [2.05, 4.69) is 0 Å². The second-order valence-electron chi connectivity index (χ2n) is 9.12.